The first-order valence-corrected chi connectivity index (χ1v) is 6.97. The molecule has 0 aliphatic carbocycles. The molecule has 1 heterocycles. The van der Waals surface area contributed by atoms with Gasteiger partial charge in [-0.15, -0.1) is 0 Å². The molecule has 1 aliphatic heterocycles. The van der Waals surface area contributed by atoms with E-state index in [0.717, 1.165) is 0 Å². The summed E-state index contributed by atoms with van der Waals surface area (Å²) in [6.45, 7) is -1.79. The zero-order chi connectivity index (χ0) is 18.6. The van der Waals surface area contributed by atoms with Crippen LogP contribution >= 0.6 is 0 Å². The number of carboxylic acids is 1. The number of ether oxygens (including phenoxy) is 2. The van der Waals surface area contributed by atoms with Crippen LogP contribution in [0, 0.1) is 0 Å². The summed E-state index contributed by atoms with van der Waals surface area (Å²) < 4.78 is 9.94. The van der Waals surface area contributed by atoms with Gasteiger partial charge in [-0.05, 0) is 0 Å². The van der Waals surface area contributed by atoms with Crippen LogP contribution in [-0.2, 0) is 14.3 Å². The van der Waals surface area contributed by atoms with E-state index in [1.165, 1.54) is 0 Å². The Bertz CT molecular complexity index is 410. The van der Waals surface area contributed by atoms with Gasteiger partial charge in [-0.3, -0.25) is 0 Å². The van der Waals surface area contributed by atoms with Crippen LogP contribution in [0.2, 0.25) is 0 Å². The van der Waals surface area contributed by atoms with Gasteiger partial charge in [-0.25, -0.2) is 0 Å². The van der Waals surface area contributed by atoms with E-state index in [1.807, 2.05) is 0 Å². The van der Waals surface area contributed by atoms with Crippen LogP contribution in [0.15, 0.2) is 0 Å². The third-order valence-corrected chi connectivity index (χ3v) is 3.61. The molecule has 0 radical (unpaired) electrons. The maximum absolute atomic E-state index is 10.6. The Balaban J connectivity index is 0.00000576. The summed E-state index contributed by atoms with van der Waals surface area (Å²) in [5.74, 6) is -2.09. The number of aliphatic hydroxyl groups excluding tert-OH is 8. The number of rotatable bonds is 8. The molecule has 0 spiro atoms. The van der Waals surface area contributed by atoms with Crippen molar-refractivity contribution >= 4 is 5.97 Å². The molecular formula is C12H21NaO12. The molecule has 1 saturated heterocycles. The van der Waals surface area contributed by atoms with Crippen LogP contribution in [0.4, 0.5) is 0 Å². The second-order valence-corrected chi connectivity index (χ2v) is 5.30. The van der Waals surface area contributed by atoms with Crippen molar-refractivity contribution in [2.24, 2.45) is 0 Å². The topological polar surface area (TPSA) is 220 Å². The average Bonchev–Trinajstić information content (AvgIpc) is 2.57. The molecule has 0 aromatic heterocycles. The van der Waals surface area contributed by atoms with Gasteiger partial charge in [0.15, 0.2) is 6.29 Å². The van der Waals surface area contributed by atoms with Gasteiger partial charge in [0.05, 0.1) is 19.2 Å². The van der Waals surface area contributed by atoms with Gasteiger partial charge >= 0.3 is 29.6 Å². The number of hydrogen-bond acceptors (Lipinski definition) is 12. The van der Waals surface area contributed by atoms with Crippen LogP contribution < -0.4 is 34.7 Å². The summed E-state index contributed by atoms with van der Waals surface area (Å²) >= 11 is 0. The number of hydrogen-bond donors (Lipinski definition) is 8. The van der Waals surface area contributed by atoms with Gasteiger partial charge in [-0.2, -0.15) is 0 Å². The monoisotopic (exact) mass is 380 g/mol. The zero-order valence-corrected chi connectivity index (χ0v) is 15.3. The van der Waals surface area contributed by atoms with Gasteiger partial charge in [0.2, 0.25) is 0 Å². The average molecular weight is 380 g/mol. The summed E-state index contributed by atoms with van der Waals surface area (Å²) in [4.78, 5) is 10.6. The van der Waals surface area contributed by atoms with E-state index in [2.05, 4.69) is 0 Å². The molecule has 0 aromatic rings. The van der Waals surface area contributed by atoms with E-state index in [9.17, 15) is 40.5 Å². The first-order valence-electron chi connectivity index (χ1n) is 6.97. The standard InChI is InChI=1S/C12H22O12.Na/c13-1-3(15)10(7(18)8(19)11(21)22)24-12-9(20)6(17)5(16)4(2-14)23-12;/h3-10,12-20H,1-2H2,(H,21,22);/q;+1/p-1. The van der Waals surface area contributed by atoms with Crippen LogP contribution in [0.1, 0.15) is 0 Å². The first-order chi connectivity index (χ1) is 11.1. The van der Waals surface area contributed by atoms with Gasteiger partial charge in [0.1, 0.15) is 48.8 Å². The summed E-state index contributed by atoms with van der Waals surface area (Å²) in [6.07, 6.45) is -17.3. The molecule has 9 atom stereocenters. The fourth-order valence-corrected chi connectivity index (χ4v) is 2.16. The maximum Gasteiger partial charge on any atom is 1.00 e. The SMILES string of the molecule is O=C([O-])C(O)C(O)C(OC1OC(CO)C(O)C(O)C1O)C(O)CO.[Na+]. The minimum absolute atomic E-state index is 0. The molecule has 0 bridgehead atoms. The Morgan fingerprint density at radius 1 is 1.08 bits per heavy atom. The zero-order valence-electron chi connectivity index (χ0n) is 13.3. The molecule has 1 aliphatic rings. The fourth-order valence-electron chi connectivity index (χ4n) is 2.16. The van der Waals surface area contributed by atoms with Crippen molar-refractivity contribution in [1.82, 2.24) is 0 Å². The summed E-state index contributed by atoms with van der Waals surface area (Å²) in [5.41, 5.74) is 0. The molecule has 0 aromatic carbocycles. The van der Waals surface area contributed by atoms with E-state index in [4.69, 9.17) is 19.7 Å². The fraction of sp³-hybridized carbons (Fsp3) is 0.917. The second-order valence-electron chi connectivity index (χ2n) is 5.30. The number of carboxylic acid groups (broad SMARTS) is 1. The number of carbonyl (C=O) groups is 1. The van der Waals surface area contributed by atoms with Gasteiger partial charge in [-0.1, -0.05) is 0 Å². The molecule has 142 valence electrons. The molecule has 12 nitrogen and oxygen atoms in total. The van der Waals surface area contributed by atoms with Crippen LogP contribution in [0.3, 0.4) is 0 Å². The number of aliphatic carboxylic acids is 1. The first kappa shape index (κ1) is 25.1. The van der Waals surface area contributed by atoms with Gasteiger partial charge in [0, 0.05) is 0 Å². The third-order valence-electron chi connectivity index (χ3n) is 3.61. The van der Waals surface area contributed by atoms with Crippen LogP contribution in [-0.4, -0.2) is 115 Å². The Hall–Kier alpha value is 0.0700. The molecule has 1 fully saturated rings. The Kier molecular flexibility index (Phi) is 11.1. The minimum atomic E-state index is -2.50. The molecule has 9 unspecified atom stereocenters. The van der Waals surface area contributed by atoms with Crippen molar-refractivity contribution in [3.05, 3.63) is 0 Å². The Morgan fingerprint density at radius 3 is 2.08 bits per heavy atom. The van der Waals surface area contributed by atoms with Crippen LogP contribution in [0.5, 0.6) is 0 Å². The van der Waals surface area contributed by atoms with E-state index >= 15 is 0 Å². The third kappa shape index (κ3) is 6.04. The van der Waals surface area contributed by atoms with E-state index in [-0.39, 0.29) is 29.6 Å². The van der Waals surface area contributed by atoms with E-state index in [1.54, 1.807) is 0 Å². The van der Waals surface area contributed by atoms with Crippen molar-refractivity contribution in [2.45, 2.75) is 55.1 Å². The van der Waals surface area contributed by atoms with Gasteiger partial charge < -0.3 is 60.2 Å². The molecule has 1 rings (SSSR count). The van der Waals surface area contributed by atoms with Crippen molar-refractivity contribution < 1.29 is 89.8 Å². The summed E-state index contributed by atoms with van der Waals surface area (Å²) in [7, 11) is 0. The predicted molar refractivity (Wildman–Crippen MR) is 68.8 cm³/mol. The largest absolute Gasteiger partial charge is 1.00 e. The molecule has 0 saturated carbocycles. The molecule has 13 heteroatoms. The van der Waals surface area contributed by atoms with Crippen molar-refractivity contribution in [2.75, 3.05) is 13.2 Å². The van der Waals surface area contributed by atoms with Gasteiger partial charge in [0.25, 0.3) is 0 Å². The van der Waals surface area contributed by atoms with Crippen LogP contribution in [0.25, 0.3) is 0 Å². The number of carbonyl (C=O) groups excluding carboxylic acids is 1. The Morgan fingerprint density at radius 2 is 1.64 bits per heavy atom. The van der Waals surface area contributed by atoms with Crippen molar-refractivity contribution in [3.63, 3.8) is 0 Å². The smallest absolute Gasteiger partial charge is 0.547 e. The quantitative estimate of drug-likeness (QED) is 0.184. The van der Waals surface area contributed by atoms with E-state index in [0.29, 0.717) is 0 Å². The summed E-state index contributed by atoms with van der Waals surface area (Å²) in [5, 5.41) is 86.3. The summed E-state index contributed by atoms with van der Waals surface area (Å²) in [6, 6.07) is 0. The number of aliphatic hydroxyl groups is 8. The van der Waals surface area contributed by atoms with Crippen molar-refractivity contribution in [1.29, 1.82) is 0 Å². The molecule has 25 heavy (non-hydrogen) atoms. The van der Waals surface area contributed by atoms with Crippen molar-refractivity contribution in [3.8, 4) is 0 Å². The maximum atomic E-state index is 10.6. The molecule has 0 amide bonds. The Labute approximate surface area is 164 Å². The normalized spacial score (nSPS) is 34.5. The molecular weight excluding hydrogens is 359 g/mol. The molecule has 8 N–H and O–H groups in total. The second kappa shape index (κ2) is 11.0. The van der Waals surface area contributed by atoms with E-state index < -0.39 is 74.3 Å². The predicted octanol–water partition coefficient (Wildman–Crippen LogP) is -10.00. The minimum Gasteiger partial charge on any atom is -0.547 e.